The number of hydrogen-bond donors (Lipinski definition) is 1. The molecule has 2 saturated carbocycles. The number of esters is 1. The minimum atomic E-state index is -0.731. The lowest BCUT2D eigenvalue weighted by Crippen LogP contribution is -2.45. The molecule has 0 aromatic heterocycles. The maximum Gasteiger partial charge on any atom is 0.343 e. The SMILES string of the molecule is C[C@]12CC[C@@H]3c4ccc(OC(=O)c5ccccc5)cc4CC[C@H]3[C@@H]1CC[C@@H]2C(Br)C(=O)O. The lowest BCUT2D eigenvalue weighted by molar-refractivity contribution is -0.138. The molecule has 0 amide bonds. The van der Waals surface area contributed by atoms with E-state index in [-0.39, 0.29) is 17.3 Å². The van der Waals surface area contributed by atoms with Crippen molar-refractivity contribution in [1.82, 2.24) is 0 Å². The van der Waals surface area contributed by atoms with E-state index in [1.54, 1.807) is 12.1 Å². The first-order valence-electron chi connectivity index (χ1n) is 11.7. The zero-order valence-corrected chi connectivity index (χ0v) is 19.9. The van der Waals surface area contributed by atoms with Crippen LogP contribution in [0.15, 0.2) is 48.5 Å². The van der Waals surface area contributed by atoms with Gasteiger partial charge in [-0.25, -0.2) is 4.79 Å². The van der Waals surface area contributed by atoms with Gasteiger partial charge in [0.05, 0.1) is 5.56 Å². The zero-order valence-electron chi connectivity index (χ0n) is 18.3. The number of ether oxygens (including phenoxy) is 1. The molecule has 2 fully saturated rings. The first-order chi connectivity index (χ1) is 15.4. The van der Waals surface area contributed by atoms with Crippen LogP contribution in [-0.4, -0.2) is 21.9 Å². The maximum absolute atomic E-state index is 12.4. The molecular formula is C27H29BrO4. The monoisotopic (exact) mass is 496 g/mol. The quantitative estimate of drug-likeness (QED) is 0.309. The highest BCUT2D eigenvalue weighted by molar-refractivity contribution is 9.10. The molecule has 2 aromatic rings. The second kappa shape index (κ2) is 8.33. The van der Waals surface area contributed by atoms with Crippen molar-refractivity contribution in [2.75, 3.05) is 0 Å². The van der Waals surface area contributed by atoms with Crippen molar-refractivity contribution in [2.24, 2.45) is 23.2 Å². The van der Waals surface area contributed by atoms with Gasteiger partial charge < -0.3 is 9.84 Å². The molecule has 0 bridgehead atoms. The molecule has 168 valence electrons. The second-order valence-electron chi connectivity index (χ2n) is 10.0. The van der Waals surface area contributed by atoms with E-state index in [0.717, 1.165) is 38.5 Å². The summed E-state index contributed by atoms with van der Waals surface area (Å²) in [6, 6.07) is 15.2. The molecule has 3 aliphatic rings. The summed E-state index contributed by atoms with van der Waals surface area (Å²) in [6.45, 7) is 2.34. The number of carboxylic acid groups (broad SMARTS) is 1. The molecule has 0 heterocycles. The molecule has 6 atom stereocenters. The van der Waals surface area contributed by atoms with Crippen LogP contribution in [0.5, 0.6) is 5.75 Å². The van der Waals surface area contributed by atoms with Crippen molar-refractivity contribution in [2.45, 2.75) is 56.2 Å². The minimum absolute atomic E-state index is 0.0936. The molecule has 32 heavy (non-hydrogen) atoms. The van der Waals surface area contributed by atoms with Crippen molar-refractivity contribution >= 4 is 27.9 Å². The summed E-state index contributed by atoms with van der Waals surface area (Å²) >= 11 is 3.48. The number of aliphatic carboxylic acids is 1. The molecule has 2 aromatic carbocycles. The number of carboxylic acids is 1. The van der Waals surface area contributed by atoms with Gasteiger partial charge in [-0.3, -0.25) is 4.79 Å². The van der Waals surface area contributed by atoms with E-state index in [4.69, 9.17) is 4.74 Å². The summed E-state index contributed by atoms with van der Waals surface area (Å²) in [5, 5.41) is 9.59. The number of fused-ring (bicyclic) bond motifs is 5. The van der Waals surface area contributed by atoms with Crippen LogP contribution in [0, 0.1) is 23.2 Å². The van der Waals surface area contributed by atoms with Crippen molar-refractivity contribution in [3.63, 3.8) is 0 Å². The molecule has 1 unspecified atom stereocenters. The largest absolute Gasteiger partial charge is 0.480 e. The van der Waals surface area contributed by atoms with Gasteiger partial charge in [0.2, 0.25) is 0 Å². The van der Waals surface area contributed by atoms with Gasteiger partial charge in [-0.2, -0.15) is 0 Å². The Hall–Kier alpha value is -2.14. The number of carbonyl (C=O) groups is 2. The lowest BCUT2D eigenvalue weighted by Gasteiger charge is -2.51. The van der Waals surface area contributed by atoms with Crippen LogP contribution in [0.3, 0.4) is 0 Å². The van der Waals surface area contributed by atoms with Crippen LogP contribution in [0.25, 0.3) is 0 Å². The Morgan fingerprint density at radius 3 is 2.62 bits per heavy atom. The summed E-state index contributed by atoms with van der Waals surface area (Å²) in [5.74, 6) is 1.46. The van der Waals surface area contributed by atoms with Crippen LogP contribution in [0.1, 0.15) is 66.4 Å². The summed E-state index contributed by atoms with van der Waals surface area (Å²) < 4.78 is 5.65. The summed E-state index contributed by atoms with van der Waals surface area (Å²) in [6.07, 6.45) is 6.41. The van der Waals surface area contributed by atoms with Gasteiger partial charge in [-0.1, -0.05) is 47.1 Å². The minimum Gasteiger partial charge on any atom is -0.480 e. The number of benzene rings is 2. The topological polar surface area (TPSA) is 63.6 Å². The number of rotatable bonds is 4. The fourth-order valence-corrected chi connectivity index (χ4v) is 7.92. The summed E-state index contributed by atoms with van der Waals surface area (Å²) in [7, 11) is 0. The highest BCUT2D eigenvalue weighted by atomic mass is 79.9. The zero-order chi connectivity index (χ0) is 22.5. The Morgan fingerprint density at radius 2 is 1.88 bits per heavy atom. The van der Waals surface area contributed by atoms with Crippen LogP contribution in [-0.2, 0) is 11.2 Å². The Kier molecular flexibility index (Phi) is 5.65. The molecule has 0 aliphatic heterocycles. The standard InChI is InChI=1S/C27H29BrO4/c1-27-14-13-20-19-10-8-18(32-26(31)16-5-3-2-4-6-16)15-17(19)7-9-21(20)22(27)11-12-23(27)24(28)25(29)30/h2-6,8,10,15,20-24H,7,9,11-14H2,1H3,(H,29,30)/t20-,21-,22+,23-,24?,27+/m1/s1. The number of alkyl halides is 1. The molecule has 3 aliphatic carbocycles. The van der Waals surface area contributed by atoms with Crippen LogP contribution in [0.4, 0.5) is 0 Å². The van der Waals surface area contributed by atoms with Crippen LogP contribution in [0.2, 0.25) is 0 Å². The van der Waals surface area contributed by atoms with Gasteiger partial charge in [0.25, 0.3) is 0 Å². The van der Waals surface area contributed by atoms with E-state index in [1.165, 1.54) is 11.1 Å². The summed E-state index contributed by atoms with van der Waals surface area (Å²) in [4.78, 5) is 23.6. The van der Waals surface area contributed by atoms with Gasteiger partial charge >= 0.3 is 11.9 Å². The highest BCUT2D eigenvalue weighted by Gasteiger charge is 2.57. The number of halogens is 1. The third-order valence-corrected chi connectivity index (χ3v) is 9.61. The van der Waals surface area contributed by atoms with Crippen LogP contribution >= 0.6 is 15.9 Å². The van der Waals surface area contributed by atoms with Gasteiger partial charge in [-0.05, 0) is 103 Å². The van der Waals surface area contributed by atoms with Crippen molar-refractivity contribution < 1.29 is 19.4 Å². The van der Waals surface area contributed by atoms with E-state index >= 15 is 0 Å². The molecule has 5 rings (SSSR count). The normalized spacial score (nSPS) is 31.7. The smallest absolute Gasteiger partial charge is 0.343 e. The summed E-state index contributed by atoms with van der Waals surface area (Å²) in [5.41, 5.74) is 3.35. The first kappa shape index (κ1) is 21.7. The van der Waals surface area contributed by atoms with Crippen molar-refractivity contribution in [1.29, 1.82) is 0 Å². The van der Waals surface area contributed by atoms with E-state index in [0.29, 0.717) is 29.1 Å². The highest BCUT2D eigenvalue weighted by Crippen LogP contribution is 2.64. The number of hydrogen-bond acceptors (Lipinski definition) is 3. The molecular weight excluding hydrogens is 468 g/mol. The third-order valence-electron chi connectivity index (χ3n) is 8.58. The Labute approximate surface area is 197 Å². The van der Waals surface area contributed by atoms with Crippen molar-refractivity contribution in [3.8, 4) is 5.75 Å². The lowest BCUT2D eigenvalue weighted by atomic mass is 9.54. The molecule has 0 radical (unpaired) electrons. The van der Waals surface area contributed by atoms with Crippen LogP contribution < -0.4 is 4.74 Å². The molecule has 0 spiro atoms. The van der Waals surface area contributed by atoms with Gasteiger partial charge in [-0.15, -0.1) is 0 Å². The average Bonchev–Trinajstić information content (AvgIpc) is 3.15. The van der Waals surface area contributed by atoms with E-state index in [2.05, 4.69) is 35.0 Å². The van der Waals surface area contributed by atoms with E-state index < -0.39 is 10.8 Å². The van der Waals surface area contributed by atoms with E-state index in [1.807, 2.05) is 24.3 Å². The number of carbonyl (C=O) groups excluding carboxylic acids is 1. The molecule has 4 nitrogen and oxygen atoms in total. The van der Waals surface area contributed by atoms with Crippen molar-refractivity contribution in [3.05, 3.63) is 65.2 Å². The first-order valence-corrected chi connectivity index (χ1v) is 12.6. The molecule has 1 N–H and O–H groups in total. The second-order valence-corrected chi connectivity index (χ2v) is 11.0. The van der Waals surface area contributed by atoms with Gasteiger partial charge in [0.1, 0.15) is 10.6 Å². The number of aryl methyl sites for hydroxylation is 1. The fraction of sp³-hybridized carbons (Fsp3) is 0.481. The Bertz CT molecular complexity index is 1040. The predicted octanol–water partition coefficient (Wildman–Crippen LogP) is 6.23. The third kappa shape index (κ3) is 3.59. The Balaban J connectivity index is 1.35. The Morgan fingerprint density at radius 1 is 1.09 bits per heavy atom. The average molecular weight is 497 g/mol. The molecule has 0 saturated heterocycles. The van der Waals surface area contributed by atoms with Gasteiger partial charge in [0, 0.05) is 0 Å². The maximum atomic E-state index is 12.4. The van der Waals surface area contributed by atoms with E-state index in [9.17, 15) is 14.7 Å². The van der Waals surface area contributed by atoms with Gasteiger partial charge in [0.15, 0.2) is 0 Å². The predicted molar refractivity (Wildman–Crippen MR) is 126 cm³/mol. The fourth-order valence-electron chi connectivity index (χ4n) is 7.06. The molecule has 5 heteroatoms.